The van der Waals surface area contributed by atoms with Gasteiger partial charge in [-0.15, -0.1) is 0 Å². The Morgan fingerprint density at radius 2 is 1.85 bits per heavy atom. The van der Waals surface area contributed by atoms with Crippen molar-refractivity contribution < 1.29 is 4.39 Å². The third-order valence-corrected chi connectivity index (χ3v) is 4.30. The van der Waals surface area contributed by atoms with Gasteiger partial charge in [0, 0.05) is 12.1 Å². The summed E-state index contributed by atoms with van der Waals surface area (Å²) in [6.07, 6.45) is 8.50. The molecular weight excluding hydrogens is 253 g/mol. The van der Waals surface area contributed by atoms with Gasteiger partial charge in [-0.25, -0.2) is 9.37 Å². The zero-order valence-corrected chi connectivity index (χ0v) is 11.7. The van der Waals surface area contributed by atoms with E-state index in [-0.39, 0.29) is 5.82 Å². The van der Waals surface area contributed by atoms with Gasteiger partial charge in [-0.2, -0.15) is 0 Å². The van der Waals surface area contributed by atoms with E-state index in [0.717, 1.165) is 24.1 Å². The molecule has 0 bridgehead atoms. The average molecular weight is 273 g/mol. The van der Waals surface area contributed by atoms with Crippen LogP contribution in [0.25, 0.3) is 11.3 Å². The van der Waals surface area contributed by atoms with Gasteiger partial charge in [0.15, 0.2) is 0 Å². The Labute approximate surface area is 118 Å². The normalized spacial score (nSPS) is 22.9. The largest absolute Gasteiger partial charge is 0.328 e. The number of nitrogens with zero attached hydrogens (tertiary/aromatic N) is 2. The molecule has 2 aromatic rings. The minimum absolute atomic E-state index is 0.200. The predicted octanol–water partition coefficient (Wildman–Crippen LogP) is 3.39. The van der Waals surface area contributed by atoms with Crippen molar-refractivity contribution in [2.24, 2.45) is 0 Å². The van der Waals surface area contributed by atoms with E-state index in [1.54, 1.807) is 0 Å². The van der Waals surface area contributed by atoms with E-state index in [4.69, 9.17) is 0 Å². The fourth-order valence-corrected chi connectivity index (χ4v) is 3.08. The number of halogens is 1. The summed E-state index contributed by atoms with van der Waals surface area (Å²) in [6.45, 7) is 0. The van der Waals surface area contributed by atoms with Gasteiger partial charge in [-0.05, 0) is 62.6 Å². The number of hydrogen-bond donors (Lipinski definition) is 1. The Bertz CT molecular complexity index is 553. The predicted molar refractivity (Wildman–Crippen MR) is 78.0 cm³/mol. The second-order valence-electron chi connectivity index (χ2n) is 5.49. The number of aromatic nitrogens is 2. The smallest absolute Gasteiger partial charge is 0.123 e. The van der Waals surface area contributed by atoms with Gasteiger partial charge >= 0.3 is 0 Å². The Hall–Kier alpha value is -1.68. The minimum atomic E-state index is -0.200. The number of rotatable bonds is 3. The van der Waals surface area contributed by atoms with Crippen molar-refractivity contribution in [2.45, 2.75) is 37.8 Å². The lowest BCUT2D eigenvalue weighted by atomic mass is 9.91. The number of hydrogen-bond acceptors (Lipinski definition) is 2. The maximum absolute atomic E-state index is 13.0. The second-order valence-corrected chi connectivity index (χ2v) is 5.49. The topological polar surface area (TPSA) is 29.9 Å². The Morgan fingerprint density at radius 1 is 1.15 bits per heavy atom. The molecule has 0 spiro atoms. The third-order valence-electron chi connectivity index (χ3n) is 4.30. The fourth-order valence-electron chi connectivity index (χ4n) is 3.08. The molecule has 1 aromatic heterocycles. The number of nitrogens with one attached hydrogen (secondary N) is 1. The van der Waals surface area contributed by atoms with Gasteiger partial charge in [0.2, 0.25) is 0 Å². The van der Waals surface area contributed by atoms with E-state index < -0.39 is 0 Å². The summed E-state index contributed by atoms with van der Waals surface area (Å²) in [6, 6.07) is 7.80. The molecule has 1 aliphatic rings. The summed E-state index contributed by atoms with van der Waals surface area (Å²) in [7, 11) is 2.03. The zero-order valence-electron chi connectivity index (χ0n) is 11.7. The van der Waals surface area contributed by atoms with Crippen LogP contribution in [-0.4, -0.2) is 22.6 Å². The van der Waals surface area contributed by atoms with Gasteiger partial charge in [-0.3, -0.25) is 0 Å². The summed E-state index contributed by atoms with van der Waals surface area (Å²) in [5, 5.41) is 3.36. The highest BCUT2D eigenvalue weighted by molar-refractivity contribution is 5.58. The fraction of sp³-hybridized carbons (Fsp3) is 0.438. The molecule has 1 aliphatic carbocycles. The van der Waals surface area contributed by atoms with Crippen molar-refractivity contribution in [1.82, 2.24) is 14.9 Å². The van der Waals surface area contributed by atoms with Crippen molar-refractivity contribution in [1.29, 1.82) is 0 Å². The van der Waals surface area contributed by atoms with Gasteiger partial charge in [0.05, 0.1) is 18.2 Å². The first kappa shape index (κ1) is 13.3. The molecule has 0 saturated heterocycles. The maximum Gasteiger partial charge on any atom is 0.123 e. The molecule has 0 unspecified atom stereocenters. The van der Waals surface area contributed by atoms with Crippen molar-refractivity contribution in [3.05, 3.63) is 42.6 Å². The van der Waals surface area contributed by atoms with E-state index >= 15 is 0 Å². The number of imidazole rings is 1. The first-order valence-corrected chi connectivity index (χ1v) is 7.23. The third kappa shape index (κ3) is 2.61. The molecule has 3 nitrogen and oxygen atoms in total. The molecule has 1 aromatic carbocycles. The molecule has 3 rings (SSSR count). The van der Waals surface area contributed by atoms with E-state index in [2.05, 4.69) is 14.9 Å². The van der Waals surface area contributed by atoms with Crippen LogP contribution in [0.4, 0.5) is 4.39 Å². The molecule has 1 fully saturated rings. The highest BCUT2D eigenvalue weighted by atomic mass is 19.1. The summed E-state index contributed by atoms with van der Waals surface area (Å²) < 4.78 is 15.3. The molecule has 20 heavy (non-hydrogen) atoms. The lowest BCUT2D eigenvalue weighted by molar-refractivity contribution is 0.302. The van der Waals surface area contributed by atoms with Crippen molar-refractivity contribution in [2.75, 3.05) is 7.05 Å². The molecule has 1 N–H and O–H groups in total. The summed E-state index contributed by atoms with van der Waals surface area (Å²) in [4.78, 5) is 4.29. The van der Waals surface area contributed by atoms with Crippen LogP contribution in [0.15, 0.2) is 36.8 Å². The Kier molecular flexibility index (Phi) is 3.83. The molecule has 4 heteroatoms. The monoisotopic (exact) mass is 273 g/mol. The van der Waals surface area contributed by atoms with Crippen molar-refractivity contribution >= 4 is 0 Å². The lowest BCUT2D eigenvalue weighted by Gasteiger charge is -2.30. The van der Waals surface area contributed by atoms with Crippen LogP contribution in [0.3, 0.4) is 0 Å². The highest BCUT2D eigenvalue weighted by Crippen LogP contribution is 2.32. The van der Waals surface area contributed by atoms with Gasteiger partial charge in [-0.1, -0.05) is 0 Å². The lowest BCUT2D eigenvalue weighted by Crippen LogP contribution is -2.31. The SMILES string of the molecule is CNC1CCC(n2cncc2-c2ccc(F)cc2)CC1. The molecule has 0 atom stereocenters. The Morgan fingerprint density at radius 3 is 2.50 bits per heavy atom. The molecule has 106 valence electrons. The zero-order chi connectivity index (χ0) is 13.9. The van der Waals surface area contributed by atoms with Gasteiger partial charge in [0.1, 0.15) is 5.82 Å². The molecule has 0 amide bonds. The quantitative estimate of drug-likeness (QED) is 0.929. The molecule has 0 aliphatic heterocycles. The van der Waals surface area contributed by atoms with E-state index in [0.29, 0.717) is 12.1 Å². The van der Waals surface area contributed by atoms with Crippen molar-refractivity contribution in [3.63, 3.8) is 0 Å². The van der Waals surface area contributed by atoms with Crippen LogP contribution in [-0.2, 0) is 0 Å². The van der Waals surface area contributed by atoms with Gasteiger partial charge in [0.25, 0.3) is 0 Å². The first-order valence-electron chi connectivity index (χ1n) is 7.23. The summed E-state index contributed by atoms with van der Waals surface area (Å²) in [5.41, 5.74) is 2.11. The molecule has 1 saturated carbocycles. The summed E-state index contributed by atoms with van der Waals surface area (Å²) >= 11 is 0. The van der Waals surface area contributed by atoms with E-state index in [1.807, 2.05) is 31.7 Å². The maximum atomic E-state index is 13.0. The molecule has 0 radical (unpaired) electrons. The van der Waals surface area contributed by atoms with Gasteiger partial charge < -0.3 is 9.88 Å². The summed E-state index contributed by atoms with van der Waals surface area (Å²) in [5.74, 6) is -0.200. The van der Waals surface area contributed by atoms with Crippen LogP contribution in [0.1, 0.15) is 31.7 Å². The second kappa shape index (κ2) is 5.75. The van der Waals surface area contributed by atoms with Crippen LogP contribution < -0.4 is 5.32 Å². The van der Waals surface area contributed by atoms with Crippen LogP contribution in [0.5, 0.6) is 0 Å². The van der Waals surface area contributed by atoms with Crippen molar-refractivity contribution in [3.8, 4) is 11.3 Å². The first-order chi connectivity index (χ1) is 9.78. The van der Waals surface area contributed by atoms with E-state index in [9.17, 15) is 4.39 Å². The van der Waals surface area contributed by atoms with E-state index in [1.165, 1.54) is 25.0 Å². The number of benzene rings is 1. The average Bonchev–Trinajstić information content (AvgIpc) is 2.97. The Balaban J connectivity index is 1.82. The minimum Gasteiger partial charge on any atom is -0.328 e. The standard InChI is InChI=1S/C16H20FN3/c1-18-14-6-8-15(9-7-14)20-11-19-10-16(20)12-2-4-13(17)5-3-12/h2-5,10-11,14-15,18H,6-9H2,1H3. The molecule has 1 heterocycles. The van der Waals surface area contributed by atoms with Crippen LogP contribution >= 0.6 is 0 Å². The van der Waals surface area contributed by atoms with Crippen LogP contribution in [0.2, 0.25) is 0 Å². The highest BCUT2D eigenvalue weighted by Gasteiger charge is 2.22. The molecular formula is C16H20FN3. The van der Waals surface area contributed by atoms with Crippen LogP contribution in [0, 0.1) is 5.82 Å².